The molecule has 0 aromatic rings. The summed E-state index contributed by atoms with van der Waals surface area (Å²) in [5.41, 5.74) is 0. The molecule has 0 bridgehead atoms. The number of aliphatic hydroxyl groups excluding tert-OH is 2. The van der Waals surface area contributed by atoms with Gasteiger partial charge in [-0.2, -0.15) is 0 Å². The summed E-state index contributed by atoms with van der Waals surface area (Å²) in [6.07, 6.45) is -1.13. The zero-order valence-corrected chi connectivity index (χ0v) is 8.65. The Kier molecular flexibility index (Phi) is 4.75. The van der Waals surface area contributed by atoms with Crippen LogP contribution in [0.2, 0.25) is 0 Å². The second-order valence-corrected chi connectivity index (χ2v) is 3.98. The molecule has 2 atom stereocenters. The van der Waals surface area contributed by atoms with E-state index in [1.165, 1.54) is 0 Å². The maximum Gasteiger partial charge on any atom is 0.111 e. The fraction of sp³-hybridized carbons (Fsp3) is 1.00. The van der Waals surface area contributed by atoms with Gasteiger partial charge in [0, 0.05) is 0 Å². The molecule has 3 nitrogen and oxygen atoms in total. The summed E-state index contributed by atoms with van der Waals surface area (Å²) in [4.78, 5) is 1.59. The van der Waals surface area contributed by atoms with Crippen LogP contribution < -0.4 is 0 Å². The highest BCUT2D eigenvalue weighted by atomic mass is 16.3. The molecule has 0 saturated heterocycles. The lowest BCUT2D eigenvalue weighted by molar-refractivity contribution is -0.121. The summed E-state index contributed by atoms with van der Waals surface area (Å²) in [5.74, 6) is 0.284. The Morgan fingerprint density at radius 3 is 1.25 bits per heavy atom. The Labute approximate surface area is 75.0 Å². The molecule has 3 heteroatoms. The van der Waals surface area contributed by atoms with E-state index in [0.29, 0.717) is 0 Å². The zero-order chi connectivity index (χ0) is 9.89. The van der Waals surface area contributed by atoms with Crippen molar-refractivity contribution in [3.05, 3.63) is 0 Å². The quantitative estimate of drug-likeness (QED) is 0.623. The van der Waals surface area contributed by atoms with Crippen LogP contribution in [0.5, 0.6) is 0 Å². The first-order valence-corrected chi connectivity index (χ1v) is 4.46. The Morgan fingerprint density at radius 1 is 0.833 bits per heavy atom. The number of hydrogen-bond acceptors (Lipinski definition) is 3. The van der Waals surface area contributed by atoms with Gasteiger partial charge in [0.15, 0.2) is 0 Å². The molecule has 0 saturated carbocycles. The lowest BCUT2D eigenvalue weighted by Crippen LogP contribution is -2.45. The van der Waals surface area contributed by atoms with Crippen LogP contribution in [-0.2, 0) is 0 Å². The molecule has 0 radical (unpaired) electrons. The van der Waals surface area contributed by atoms with E-state index < -0.39 is 12.5 Å². The fourth-order valence-electron chi connectivity index (χ4n) is 1.10. The maximum absolute atomic E-state index is 9.58. The number of rotatable bonds is 4. The molecule has 74 valence electrons. The summed E-state index contributed by atoms with van der Waals surface area (Å²) in [6.45, 7) is 7.70. The van der Waals surface area contributed by atoms with Crippen molar-refractivity contribution < 1.29 is 10.2 Å². The maximum atomic E-state index is 9.58. The molecule has 2 unspecified atom stereocenters. The third-order valence-corrected chi connectivity index (χ3v) is 2.03. The van der Waals surface area contributed by atoms with Gasteiger partial charge in [-0.25, -0.2) is 0 Å². The van der Waals surface area contributed by atoms with Gasteiger partial charge in [0.25, 0.3) is 0 Å². The largest absolute Gasteiger partial charge is 0.378 e. The Morgan fingerprint density at radius 2 is 1.08 bits per heavy atom. The van der Waals surface area contributed by atoms with Gasteiger partial charge in [0.1, 0.15) is 12.5 Å². The van der Waals surface area contributed by atoms with Gasteiger partial charge < -0.3 is 10.2 Å². The molecule has 0 aromatic carbocycles. The number of hydrogen-bond donors (Lipinski definition) is 2. The van der Waals surface area contributed by atoms with Crippen molar-refractivity contribution in [1.29, 1.82) is 0 Å². The van der Waals surface area contributed by atoms with E-state index >= 15 is 0 Å². The molecule has 2 N–H and O–H groups in total. The molecule has 12 heavy (non-hydrogen) atoms. The monoisotopic (exact) mass is 175 g/mol. The van der Waals surface area contributed by atoms with Crippen LogP contribution in [0.1, 0.15) is 27.7 Å². The van der Waals surface area contributed by atoms with Crippen LogP contribution in [0, 0.1) is 11.8 Å². The van der Waals surface area contributed by atoms with E-state index in [4.69, 9.17) is 0 Å². The average Bonchev–Trinajstić information content (AvgIpc) is 2.00. The van der Waals surface area contributed by atoms with Crippen LogP contribution in [0.4, 0.5) is 0 Å². The summed E-state index contributed by atoms with van der Waals surface area (Å²) in [6, 6.07) is 0. The van der Waals surface area contributed by atoms with Crippen LogP contribution in [0.25, 0.3) is 0 Å². The lowest BCUT2D eigenvalue weighted by Gasteiger charge is -2.32. The highest BCUT2D eigenvalue weighted by Crippen LogP contribution is 2.12. The number of nitrogens with zero attached hydrogens (tertiary/aromatic N) is 1. The van der Waals surface area contributed by atoms with Crippen molar-refractivity contribution >= 4 is 0 Å². The number of aliphatic hydroxyl groups is 2. The van der Waals surface area contributed by atoms with Crippen LogP contribution in [-0.4, -0.2) is 34.6 Å². The van der Waals surface area contributed by atoms with Crippen molar-refractivity contribution in [2.24, 2.45) is 11.8 Å². The van der Waals surface area contributed by atoms with Crippen molar-refractivity contribution in [3.8, 4) is 0 Å². The molecule has 0 rings (SSSR count). The summed E-state index contributed by atoms with van der Waals surface area (Å²) in [5, 5.41) is 19.2. The van der Waals surface area contributed by atoms with Gasteiger partial charge in [-0.3, -0.25) is 4.90 Å². The predicted octanol–water partition coefficient (Wildman–Crippen LogP) is 0.867. The molecule has 0 aliphatic rings. The topological polar surface area (TPSA) is 43.7 Å². The normalized spacial score (nSPS) is 17.5. The highest BCUT2D eigenvalue weighted by molar-refractivity contribution is 4.65. The van der Waals surface area contributed by atoms with E-state index in [1.807, 2.05) is 27.7 Å². The minimum atomic E-state index is -0.567. The molecule has 0 fully saturated rings. The SMILES string of the molecule is CC(C)C(O)N(C)C(O)C(C)C. The molecule has 0 heterocycles. The minimum Gasteiger partial charge on any atom is -0.378 e. The predicted molar refractivity (Wildman–Crippen MR) is 49.5 cm³/mol. The van der Waals surface area contributed by atoms with E-state index in [9.17, 15) is 10.2 Å². The minimum absolute atomic E-state index is 0.142. The zero-order valence-electron chi connectivity index (χ0n) is 8.65. The van der Waals surface area contributed by atoms with Crippen molar-refractivity contribution in [3.63, 3.8) is 0 Å². The standard InChI is InChI=1S/C9H21NO2/c1-6(2)8(11)10(5)9(12)7(3)4/h6-9,11-12H,1-5H3. The van der Waals surface area contributed by atoms with E-state index in [0.717, 1.165) is 0 Å². The molecule has 0 amide bonds. The molecule has 0 aliphatic carbocycles. The Bertz CT molecular complexity index is 112. The molecule has 0 aliphatic heterocycles. The van der Waals surface area contributed by atoms with Gasteiger partial charge in [-0.1, -0.05) is 27.7 Å². The van der Waals surface area contributed by atoms with Crippen molar-refractivity contribution in [1.82, 2.24) is 4.90 Å². The Balaban J connectivity index is 4.08. The molecule has 0 spiro atoms. The average molecular weight is 175 g/mol. The highest BCUT2D eigenvalue weighted by Gasteiger charge is 2.23. The van der Waals surface area contributed by atoms with Crippen LogP contribution in [0.3, 0.4) is 0 Å². The van der Waals surface area contributed by atoms with Crippen LogP contribution >= 0.6 is 0 Å². The van der Waals surface area contributed by atoms with Crippen molar-refractivity contribution in [2.75, 3.05) is 7.05 Å². The second-order valence-electron chi connectivity index (χ2n) is 3.98. The van der Waals surface area contributed by atoms with Crippen molar-refractivity contribution in [2.45, 2.75) is 40.2 Å². The van der Waals surface area contributed by atoms with Gasteiger partial charge >= 0.3 is 0 Å². The molecular formula is C9H21NO2. The Hall–Kier alpha value is -0.120. The van der Waals surface area contributed by atoms with E-state index in [1.54, 1.807) is 11.9 Å². The molecular weight excluding hydrogens is 154 g/mol. The second kappa shape index (κ2) is 4.80. The van der Waals surface area contributed by atoms with E-state index in [-0.39, 0.29) is 11.8 Å². The fourth-order valence-corrected chi connectivity index (χ4v) is 1.10. The van der Waals surface area contributed by atoms with Gasteiger partial charge in [-0.15, -0.1) is 0 Å². The first kappa shape index (κ1) is 11.9. The summed E-state index contributed by atoms with van der Waals surface area (Å²) < 4.78 is 0. The third kappa shape index (κ3) is 3.09. The van der Waals surface area contributed by atoms with Gasteiger partial charge in [0.05, 0.1) is 0 Å². The van der Waals surface area contributed by atoms with Gasteiger partial charge in [0.2, 0.25) is 0 Å². The third-order valence-electron chi connectivity index (χ3n) is 2.03. The molecule has 0 aromatic heterocycles. The smallest absolute Gasteiger partial charge is 0.111 e. The lowest BCUT2D eigenvalue weighted by atomic mass is 10.1. The van der Waals surface area contributed by atoms with Crippen LogP contribution in [0.15, 0.2) is 0 Å². The summed E-state index contributed by atoms with van der Waals surface area (Å²) in [7, 11) is 1.73. The first-order valence-electron chi connectivity index (χ1n) is 4.46. The summed E-state index contributed by atoms with van der Waals surface area (Å²) >= 11 is 0. The van der Waals surface area contributed by atoms with Gasteiger partial charge in [-0.05, 0) is 18.9 Å². The first-order chi connectivity index (χ1) is 5.37. The van der Waals surface area contributed by atoms with E-state index in [2.05, 4.69) is 0 Å².